The maximum atomic E-state index is 13.6. The van der Waals surface area contributed by atoms with Crippen molar-refractivity contribution in [2.75, 3.05) is 13.2 Å². The van der Waals surface area contributed by atoms with Gasteiger partial charge in [-0.15, -0.1) is 0 Å². The summed E-state index contributed by atoms with van der Waals surface area (Å²) in [6.07, 6.45) is -0.128. The highest BCUT2D eigenvalue weighted by atomic mass is 35.5. The second-order valence-electron chi connectivity index (χ2n) is 7.50. The molecular weight excluding hydrogens is 450 g/mol. The topological polar surface area (TPSA) is 38.3 Å². The summed E-state index contributed by atoms with van der Waals surface area (Å²) in [5.41, 5.74) is 1.66. The van der Waals surface area contributed by atoms with Gasteiger partial charge in [0, 0.05) is 28.8 Å². The van der Waals surface area contributed by atoms with Gasteiger partial charge in [-0.05, 0) is 60.7 Å². The van der Waals surface area contributed by atoms with E-state index in [1.807, 2.05) is 0 Å². The molecule has 2 aromatic carbocycles. The fourth-order valence-electron chi connectivity index (χ4n) is 3.52. The molecule has 1 heterocycles. The van der Waals surface area contributed by atoms with E-state index in [0.717, 1.165) is 18.9 Å². The molecule has 0 saturated carbocycles. The molecule has 3 nitrogen and oxygen atoms in total. The number of amides is 1. The average Bonchev–Trinajstić information content (AvgIpc) is 3.18. The highest BCUT2D eigenvalue weighted by Gasteiger charge is 2.39. The third-order valence-electron chi connectivity index (χ3n) is 5.09. The van der Waals surface area contributed by atoms with Crippen LogP contribution in [0.15, 0.2) is 42.5 Å². The van der Waals surface area contributed by atoms with Crippen molar-refractivity contribution in [3.63, 3.8) is 0 Å². The largest absolute Gasteiger partial charge is 0.399 e. The SMILES string of the molecule is Cc1cc(/C=C/C(c2cc(Cl)cc(Cl)c2)C(F)(F)F)ccc1C(=O)NCC1CCCO1. The van der Waals surface area contributed by atoms with Crippen LogP contribution in [0, 0.1) is 6.92 Å². The molecule has 0 aliphatic carbocycles. The summed E-state index contributed by atoms with van der Waals surface area (Å²) in [7, 11) is 0. The van der Waals surface area contributed by atoms with Crippen molar-refractivity contribution in [2.24, 2.45) is 0 Å². The van der Waals surface area contributed by atoms with Crippen molar-refractivity contribution < 1.29 is 22.7 Å². The van der Waals surface area contributed by atoms with Gasteiger partial charge in [-0.3, -0.25) is 4.79 Å². The van der Waals surface area contributed by atoms with E-state index in [4.69, 9.17) is 27.9 Å². The first kappa shape index (κ1) is 23.6. The van der Waals surface area contributed by atoms with Crippen LogP contribution in [0.1, 0.15) is 45.8 Å². The summed E-state index contributed by atoms with van der Waals surface area (Å²) >= 11 is 11.7. The van der Waals surface area contributed by atoms with Gasteiger partial charge in [0.1, 0.15) is 0 Å². The molecule has 0 spiro atoms. The maximum Gasteiger partial charge on any atom is 0.399 e. The molecule has 31 heavy (non-hydrogen) atoms. The van der Waals surface area contributed by atoms with E-state index in [0.29, 0.717) is 29.8 Å². The summed E-state index contributed by atoms with van der Waals surface area (Å²) in [6.45, 7) is 2.90. The first-order chi connectivity index (χ1) is 14.6. The smallest absolute Gasteiger partial charge is 0.376 e. The number of nitrogens with one attached hydrogen (secondary N) is 1. The van der Waals surface area contributed by atoms with Crippen molar-refractivity contribution >= 4 is 35.2 Å². The highest BCUT2D eigenvalue weighted by molar-refractivity contribution is 6.34. The number of carbonyl (C=O) groups excluding carboxylic acids is 1. The average molecular weight is 472 g/mol. The molecular formula is C23H22Cl2F3NO2. The number of rotatable bonds is 6. The number of hydrogen-bond donors (Lipinski definition) is 1. The molecule has 0 aromatic heterocycles. The molecule has 1 saturated heterocycles. The number of benzene rings is 2. The molecule has 0 radical (unpaired) electrons. The van der Waals surface area contributed by atoms with Crippen molar-refractivity contribution in [2.45, 2.75) is 38.0 Å². The Labute approximate surface area is 189 Å². The van der Waals surface area contributed by atoms with Crippen LogP contribution in [0.5, 0.6) is 0 Å². The molecule has 1 fully saturated rings. The Morgan fingerprint density at radius 3 is 2.52 bits per heavy atom. The number of allylic oxidation sites excluding steroid dienone is 1. The van der Waals surface area contributed by atoms with Crippen molar-refractivity contribution in [3.05, 3.63) is 74.8 Å². The lowest BCUT2D eigenvalue weighted by atomic mass is 9.96. The zero-order valence-corrected chi connectivity index (χ0v) is 18.3. The second-order valence-corrected chi connectivity index (χ2v) is 8.37. The van der Waals surface area contributed by atoms with Gasteiger partial charge in [0.15, 0.2) is 0 Å². The van der Waals surface area contributed by atoms with E-state index in [1.165, 1.54) is 24.3 Å². The van der Waals surface area contributed by atoms with Gasteiger partial charge in [0.2, 0.25) is 0 Å². The van der Waals surface area contributed by atoms with Crippen LogP contribution in [0.3, 0.4) is 0 Å². The molecule has 166 valence electrons. The molecule has 1 amide bonds. The van der Waals surface area contributed by atoms with Gasteiger partial charge < -0.3 is 10.1 Å². The molecule has 1 N–H and O–H groups in total. The lowest BCUT2D eigenvalue weighted by Gasteiger charge is -2.18. The number of aryl methyl sites for hydroxylation is 1. The van der Waals surface area contributed by atoms with Crippen LogP contribution in [-0.2, 0) is 4.74 Å². The zero-order valence-electron chi connectivity index (χ0n) is 16.8. The Hall–Kier alpha value is -2.02. The first-order valence-corrected chi connectivity index (χ1v) is 10.6. The minimum Gasteiger partial charge on any atom is -0.376 e. The van der Waals surface area contributed by atoms with E-state index in [1.54, 1.807) is 25.1 Å². The summed E-state index contributed by atoms with van der Waals surface area (Å²) in [5, 5.41) is 3.12. The van der Waals surface area contributed by atoms with E-state index in [-0.39, 0.29) is 27.6 Å². The van der Waals surface area contributed by atoms with E-state index in [2.05, 4.69) is 5.32 Å². The monoisotopic (exact) mass is 471 g/mol. The molecule has 2 unspecified atom stereocenters. The minimum absolute atomic E-state index is 0.0331. The molecule has 3 rings (SSSR count). The van der Waals surface area contributed by atoms with Crippen molar-refractivity contribution in [1.29, 1.82) is 0 Å². The van der Waals surface area contributed by atoms with Gasteiger partial charge in [0.05, 0.1) is 12.0 Å². The predicted molar refractivity (Wildman–Crippen MR) is 117 cm³/mol. The second kappa shape index (κ2) is 10.1. The van der Waals surface area contributed by atoms with Crippen LogP contribution in [0.4, 0.5) is 13.2 Å². The molecule has 2 atom stereocenters. The molecule has 1 aliphatic rings. The number of hydrogen-bond acceptors (Lipinski definition) is 2. The van der Waals surface area contributed by atoms with Crippen LogP contribution >= 0.6 is 23.2 Å². The van der Waals surface area contributed by atoms with Crippen molar-refractivity contribution in [1.82, 2.24) is 5.32 Å². The van der Waals surface area contributed by atoms with E-state index >= 15 is 0 Å². The number of ether oxygens (including phenoxy) is 1. The Morgan fingerprint density at radius 2 is 1.94 bits per heavy atom. The number of alkyl halides is 3. The predicted octanol–water partition coefficient (Wildman–Crippen LogP) is 6.57. The summed E-state index contributed by atoms with van der Waals surface area (Å²) in [6, 6.07) is 8.79. The lowest BCUT2D eigenvalue weighted by molar-refractivity contribution is -0.139. The van der Waals surface area contributed by atoms with Gasteiger partial charge >= 0.3 is 6.18 Å². The molecule has 1 aliphatic heterocycles. The third kappa shape index (κ3) is 6.48. The maximum absolute atomic E-state index is 13.6. The summed E-state index contributed by atoms with van der Waals surface area (Å²) < 4.78 is 46.4. The van der Waals surface area contributed by atoms with Crippen LogP contribution < -0.4 is 5.32 Å². The van der Waals surface area contributed by atoms with Gasteiger partial charge in [-0.25, -0.2) is 0 Å². The Morgan fingerprint density at radius 1 is 1.23 bits per heavy atom. The van der Waals surface area contributed by atoms with Gasteiger partial charge in [-0.1, -0.05) is 47.5 Å². The van der Waals surface area contributed by atoms with Gasteiger partial charge in [0.25, 0.3) is 5.91 Å². The highest BCUT2D eigenvalue weighted by Crippen LogP contribution is 2.38. The first-order valence-electron chi connectivity index (χ1n) is 9.85. The third-order valence-corrected chi connectivity index (χ3v) is 5.52. The van der Waals surface area contributed by atoms with E-state index < -0.39 is 12.1 Å². The zero-order chi connectivity index (χ0) is 22.6. The summed E-state index contributed by atoms with van der Waals surface area (Å²) in [4.78, 5) is 12.4. The fraction of sp³-hybridized carbons (Fsp3) is 0.348. The number of carbonyl (C=O) groups is 1. The van der Waals surface area contributed by atoms with Crippen LogP contribution in [0.2, 0.25) is 10.0 Å². The summed E-state index contributed by atoms with van der Waals surface area (Å²) in [5.74, 6) is -2.09. The minimum atomic E-state index is -4.51. The Kier molecular flexibility index (Phi) is 7.68. The van der Waals surface area contributed by atoms with E-state index in [9.17, 15) is 18.0 Å². The normalized spacial score (nSPS) is 17.8. The Balaban J connectivity index is 1.75. The quantitative estimate of drug-likeness (QED) is 0.517. The van der Waals surface area contributed by atoms with Crippen molar-refractivity contribution in [3.8, 4) is 0 Å². The lowest BCUT2D eigenvalue weighted by Crippen LogP contribution is -2.32. The van der Waals surface area contributed by atoms with Crippen LogP contribution in [-0.4, -0.2) is 31.3 Å². The molecule has 8 heteroatoms. The molecule has 0 bridgehead atoms. The molecule has 2 aromatic rings. The number of halogens is 5. The standard InChI is InChI=1S/C23H22Cl2F3NO2/c1-14-9-15(4-6-20(14)22(30)29-13-19-3-2-8-31-19)5-7-21(23(26,27)28)16-10-17(24)12-18(25)11-16/h4-7,9-12,19,21H,2-3,8,13H2,1H3,(H,29,30)/b7-5+. The Bertz CT molecular complexity index is 950. The fourth-order valence-corrected chi connectivity index (χ4v) is 4.07. The van der Waals surface area contributed by atoms with Crippen LogP contribution in [0.25, 0.3) is 6.08 Å². The van der Waals surface area contributed by atoms with Gasteiger partial charge in [-0.2, -0.15) is 13.2 Å².